The lowest BCUT2D eigenvalue weighted by Gasteiger charge is -2.06. The van der Waals surface area contributed by atoms with Crippen molar-refractivity contribution in [2.45, 2.75) is 0 Å². The van der Waals surface area contributed by atoms with Gasteiger partial charge in [-0.05, 0) is 17.7 Å². The molecule has 0 aliphatic heterocycles. The van der Waals surface area contributed by atoms with Gasteiger partial charge in [0.1, 0.15) is 5.76 Å². The van der Waals surface area contributed by atoms with E-state index in [0.717, 1.165) is 5.56 Å². The molecule has 128 valence electrons. The van der Waals surface area contributed by atoms with E-state index in [1.165, 1.54) is 14.2 Å². The minimum atomic E-state index is -1.35. The number of esters is 1. The van der Waals surface area contributed by atoms with Gasteiger partial charge in [-0.3, -0.25) is 0 Å². The molecule has 0 amide bonds. The summed E-state index contributed by atoms with van der Waals surface area (Å²) in [6.45, 7) is 0. The fourth-order valence-electron chi connectivity index (χ4n) is 2.49. The molecular weight excluding hydrogens is 328 g/mol. The molecule has 0 unspecified atom stereocenters. The molecule has 0 spiro atoms. The number of benzene rings is 1. The van der Waals surface area contributed by atoms with E-state index in [9.17, 15) is 14.7 Å². The van der Waals surface area contributed by atoms with Crippen molar-refractivity contribution in [1.29, 1.82) is 0 Å². The summed E-state index contributed by atoms with van der Waals surface area (Å²) in [5.41, 5.74) is 1.59. The van der Waals surface area contributed by atoms with Crippen LogP contribution in [0.3, 0.4) is 0 Å². The van der Waals surface area contributed by atoms with Gasteiger partial charge in [-0.2, -0.15) is 0 Å². The minimum Gasteiger partial charge on any atom is -0.492 e. The molecule has 0 atom stereocenters. The number of carbonyl (C=O) groups excluding carboxylic acids is 1. The first-order chi connectivity index (χ1) is 12.1. The fraction of sp³-hybridized carbons (Fsp3) is 0.111. The molecule has 0 saturated carbocycles. The lowest BCUT2D eigenvalue weighted by molar-refractivity contribution is 0.0556. The lowest BCUT2D eigenvalue weighted by Crippen LogP contribution is -2.01. The second kappa shape index (κ2) is 6.56. The van der Waals surface area contributed by atoms with Gasteiger partial charge >= 0.3 is 11.9 Å². The Balaban J connectivity index is 2.14. The molecular formula is C18H14O7. The van der Waals surface area contributed by atoms with E-state index in [0.29, 0.717) is 11.3 Å². The monoisotopic (exact) mass is 342 g/mol. The van der Waals surface area contributed by atoms with Crippen LogP contribution in [0.5, 0.6) is 5.75 Å². The van der Waals surface area contributed by atoms with E-state index < -0.39 is 17.7 Å². The van der Waals surface area contributed by atoms with Crippen LogP contribution < -0.4 is 4.74 Å². The number of hydrogen-bond acceptors (Lipinski definition) is 6. The molecule has 2 heterocycles. The third kappa shape index (κ3) is 2.87. The Labute approximate surface area is 142 Å². The number of rotatable bonds is 5. The maximum atomic E-state index is 12.0. The summed E-state index contributed by atoms with van der Waals surface area (Å²) in [5.74, 6) is -2.20. The largest absolute Gasteiger partial charge is 0.492 e. The second-order valence-corrected chi connectivity index (χ2v) is 5.02. The Morgan fingerprint density at radius 3 is 2.20 bits per heavy atom. The van der Waals surface area contributed by atoms with Gasteiger partial charge in [-0.15, -0.1) is 0 Å². The molecule has 25 heavy (non-hydrogen) atoms. The quantitative estimate of drug-likeness (QED) is 0.706. The van der Waals surface area contributed by atoms with Gasteiger partial charge in [0, 0.05) is 5.56 Å². The zero-order valence-electron chi connectivity index (χ0n) is 13.4. The van der Waals surface area contributed by atoms with Crippen LogP contribution in [0.1, 0.15) is 21.1 Å². The van der Waals surface area contributed by atoms with Crippen molar-refractivity contribution < 1.29 is 33.0 Å². The first-order valence-corrected chi connectivity index (χ1v) is 7.23. The van der Waals surface area contributed by atoms with Crippen LogP contribution in [-0.2, 0) is 4.74 Å². The number of furan rings is 2. The smallest absolute Gasteiger partial charge is 0.375 e. The Kier molecular flexibility index (Phi) is 4.30. The molecule has 1 N–H and O–H groups in total. The SMILES string of the molecule is COC(=O)c1oc(C(=O)O)c(OC)c1-c1ccc(-c2ccco2)cc1. The van der Waals surface area contributed by atoms with Gasteiger partial charge < -0.3 is 23.4 Å². The predicted molar refractivity (Wildman–Crippen MR) is 86.7 cm³/mol. The van der Waals surface area contributed by atoms with Crippen LogP contribution in [0.2, 0.25) is 0 Å². The molecule has 2 aromatic heterocycles. The molecule has 0 saturated heterocycles. The average molecular weight is 342 g/mol. The molecule has 0 fully saturated rings. The molecule has 0 bridgehead atoms. The summed E-state index contributed by atoms with van der Waals surface area (Å²) in [6.07, 6.45) is 1.57. The standard InChI is InChI=1S/C18H14O7/c1-22-14-13(15(18(21)23-2)25-16(14)17(19)20)11-7-5-10(6-8-11)12-4-3-9-24-12/h3-9H,1-2H3,(H,19,20). The minimum absolute atomic E-state index is 0.0429. The highest BCUT2D eigenvalue weighted by molar-refractivity contribution is 6.01. The van der Waals surface area contributed by atoms with Crippen LogP contribution in [0.4, 0.5) is 0 Å². The van der Waals surface area contributed by atoms with Gasteiger partial charge in [0.25, 0.3) is 5.76 Å². The number of carboxylic acid groups (broad SMARTS) is 1. The molecule has 3 aromatic rings. The summed E-state index contributed by atoms with van der Waals surface area (Å²) in [5, 5.41) is 9.27. The van der Waals surface area contributed by atoms with Gasteiger partial charge in [-0.1, -0.05) is 24.3 Å². The van der Waals surface area contributed by atoms with Crippen molar-refractivity contribution in [3.05, 3.63) is 54.2 Å². The number of carbonyl (C=O) groups is 2. The van der Waals surface area contributed by atoms with Crippen molar-refractivity contribution in [3.63, 3.8) is 0 Å². The number of carboxylic acids is 1. The molecule has 1 aromatic carbocycles. The topological polar surface area (TPSA) is 99.1 Å². The van der Waals surface area contributed by atoms with Crippen molar-refractivity contribution >= 4 is 11.9 Å². The van der Waals surface area contributed by atoms with E-state index in [1.54, 1.807) is 36.6 Å². The van der Waals surface area contributed by atoms with E-state index in [1.807, 2.05) is 6.07 Å². The first-order valence-electron chi connectivity index (χ1n) is 7.23. The van der Waals surface area contributed by atoms with E-state index in [-0.39, 0.29) is 17.1 Å². The Hall–Kier alpha value is -3.48. The zero-order chi connectivity index (χ0) is 18.0. The third-order valence-corrected chi connectivity index (χ3v) is 3.61. The van der Waals surface area contributed by atoms with Crippen LogP contribution in [-0.4, -0.2) is 31.3 Å². The maximum absolute atomic E-state index is 12.0. The second-order valence-electron chi connectivity index (χ2n) is 5.02. The lowest BCUT2D eigenvalue weighted by atomic mass is 10.0. The maximum Gasteiger partial charge on any atom is 0.375 e. The fourth-order valence-corrected chi connectivity index (χ4v) is 2.49. The number of hydrogen-bond donors (Lipinski definition) is 1. The van der Waals surface area contributed by atoms with Crippen molar-refractivity contribution in [3.8, 4) is 28.2 Å². The zero-order valence-corrected chi connectivity index (χ0v) is 13.4. The normalized spacial score (nSPS) is 10.5. The van der Waals surface area contributed by atoms with Gasteiger partial charge in [0.15, 0.2) is 5.75 Å². The molecule has 0 radical (unpaired) electrons. The molecule has 7 nitrogen and oxygen atoms in total. The van der Waals surface area contributed by atoms with Crippen LogP contribution >= 0.6 is 0 Å². The summed E-state index contributed by atoms with van der Waals surface area (Å²) in [7, 11) is 2.49. The summed E-state index contributed by atoms with van der Waals surface area (Å²) < 4.78 is 20.4. The first kappa shape index (κ1) is 16.4. The average Bonchev–Trinajstić information content (AvgIpc) is 3.28. The Bertz CT molecular complexity index is 902. The van der Waals surface area contributed by atoms with Gasteiger partial charge in [0.05, 0.1) is 26.0 Å². The summed E-state index contributed by atoms with van der Waals surface area (Å²) in [4.78, 5) is 23.3. The third-order valence-electron chi connectivity index (χ3n) is 3.61. The van der Waals surface area contributed by atoms with E-state index in [4.69, 9.17) is 13.6 Å². The van der Waals surface area contributed by atoms with E-state index in [2.05, 4.69) is 4.74 Å². The van der Waals surface area contributed by atoms with Gasteiger partial charge in [-0.25, -0.2) is 9.59 Å². The summed E-state index contributed by atoms with van der Waals surface area (Å²) in [6, 6.07) is 10.6. The number of aromatic carboxylic acids is 1. The molecule has 0 aliphatic carbocycles. The van der Waals surface area contributed by atoms with Crippen LogP contribution in [0, 0.1) is 0 Å². The Morgan fingerprint density at radius 2 is 1.68 bits per heavy atom. The van der Waals surface area contributed by atoms with E-state index >= 15 is 0 Å². The van der Waals surface area contributed by atoms with Crippen LogP contribution in [0.15, 0.2) is 51.5 Å². The number of ether oxygens (including phenoxy) is 2. The van der Waals surface area contributed by atoms with Gasteiger partial charge in [0.2, 0.25) is 5.76 Å². The molecule has 3 rings (SSSR count). The highest BCUT2D eigenvalue weighted by Crippen LogP contribution is 2.40. The van der Waals surface area contributed by atoms with Crippen molar-refractivity contribution in [2.24, 2.45) is 0 Å². The number of methoxy groups -OCH3 is 2. The molecule has 0 aliphatic rings. The highest BCUT2D eigenvalue weighted by Gasteiger charge is 2.31. The summed E-state index contributed by atoms with van der Waals surface area (Å²) >= 11 is 0. The van der Waals surface area contributed by atoms with Crippen molar-refractivity contribution in [1.82, 2.24) is 0 Å². The van der Waals surface area contributed by atoms with Crippen LogP contribution in [0.25, 0.3) is 22.5 Å². The molecule has 7 heteroatoms. The van der Waals surface area contributed by atoms with Crippen molar-refractivity contribution in [2.75, 3.05) is 14.2 Å². The predicted octanol–water partition coefficient (Wildman–Crippen LogP) is 3.70. The highest BCUT2D eigenvalue weighted by atomic mass is 16.5. The Morgan fingerprint density at radius 1 is 1.00 bits per heavy atom.